The van der Waals surface area contributed by atoms with Crippen LogP contribution in [0.1, 0.15) is 38.1 Å². The Balaban J connectivity index is 2.03. The van der Waals surface area contributed by atoms with Gasteiger partial charge in [-0.2, -0.15) is 9.97 Å². The summed E-state index contributed by atoms with van der Waals surface area (Å²) in [6, 6.07) is 1.76. The van der Waals surface area contributed by atoms with Crippen LogP contribution in [0.15, 0.2) is 17.1 Å². The molecular weight excluding hydrogens is 396 g/mol. The lowest BCUT2D eigenvalue weighted by molar-refractivity contribution is 0.0216. The van der Waals surface area contributed by atoms with Crippen LogP contribution in [-0.2, 0) is 27.4 Å². The average molecular weight is 423 g/mol. The van der Waals surface area contributed by atoms with Gasteiger partial charge < -0.3 is 14.0 Å². The van der Waals surface area contributed by atoms with Gasteiger partial charge in [0.1, 0.15) is 11.9 Å². The van der Waals surface area contributed by atoms with Crippen LogP contribution in [0.5, 0.6) is 6.01 Å². The molecule has 2 aromatic rings. The molecule has 0 aromatic carbocycles. The number of aryl methyl sites for hydroxylation is 2. The molecule has 0 saturated carbocycles. The Hall–Kier alpha value is -2.33. The molecule has 0 unspecified atom stereocenters. The second kappa shape index (κ2) is 8.58. The zero-order valence-electron chi connectivity index (χ0n) is 17.1. The molecule has 3 heterocycles. The van der Waals surface area contributed by atoms with Gasteiger partial charge in [0.25, 0.3) is 5.56 Å². The normalized spacial score (nSPS) is 15.6. The van der Waals surface area contributed by atoms with Crippen molar-refractivity contribution in [1.82, 2.24) is 19.5 Å². The first kappa shape index (κ1) is 21.4. The predicted molar refractivity (Wildman–Crippen MR) is 107 cm³/mol. The Bertz CT molecular complexity index is 1020. The van der Waals surface area contributed by atoms with Crippen molar-refractivity contribution in [2.75, 3.05) is 13.2 Å². The van der Waals surface area contributed by atoms with Crippen molar-refractivity contribution in [2.45, 2.75) is 50.7 Å². The van der Waals surface area contributed by atoms with Crippen LogP contribution in [0.25, 0.3) is 11.4 Å². The summed E-state index contributed by atoms with van der Waals surface area (Å²) in [5.74, 6) is 0.0849. The molecule has 9 nitrogen and oxygen atoms in total. The van der Waals surface area contributed by atoms with Gasteiger partial charge in [-0.1, -0.05) is 0 Å². The second-order valence-electron chi connectivity index (χ2n) is 7.47. The summed E-state index contributed by atoms with van der Waals surface area (Å²) >= 11 is 0. The minimum Gasteiger partial charge on any atom is -0.460 e. The fraction of sp³-hybridized carbons (Fsp3) is 0.579. The fourth-order valence-corrected chi connectivity index (χ4v) is 3.76. The van der Waals surface area contributed by atoms with Crippen molar-refractivity contribution in [3.63, 3.8) is 0 Å². The molecule has 3 rings (SSSR count). The molecular formula is C19H26N4O5S. The SMILES string of the molecule is Cc1cc(-c2nc(CS(=O)(=O)C(C)C)nc(OC3CCOCC3)n2)cn(C)c1=O. The maximum atomic E-state index is 12.4. The quantitative estimate of drug-likeness (QED) is 0.687. The van der Waals surface area contributed by atoms with Gasteiger partial charge in [0.15, 0.2) is 21.5 Å². The van der Waals surface area contributed by atoms with E-state index in [2.05, 4.69) is 15.0 Å². The van der Waals surface area contributed by atoms with Crippen molar-refractivity contribution < 1.29 is 17.9 Å². The third-order valence-electron chi connectivity index (χ3n) is 4.77. The number of pyridine rings is 1. The van der Waals surface area contributed by atoms with Crippen LogP contribution >= 0.6 is 0 Å². The zero-order chi connectivity index (χ0) is 21.2. The molecule has 0 amide bonds. The Labute approximate surface area is 170 Å². The molecule has 0 atom stereocenters. The number of nitrogens with zero attached hydrogens (tertiary/aromatic N) is 4. The standard InChI is InChI=1S/C19H26N4O5S/c1-12(2)29(25,26)11-16-20-17(14-9-13(3)18(24)23(4)10-14)22-19(21-16)28-15-5-7-27-8-6-15/h9-10,12,15H,5-8,11H2,1-4H3. The van der Waals surface area contributed by atoms with Gasteiger partial charge in [-0.05, 0) is 26.8 Å². The zero-order valence-corrected chi connectivity index (χ0v) is 17.9. The van der Waals surface area contributed by atoms with Crippen LogP contribution in [0.2, 0.25) is 0 Å². The van der Waals surface area contributed by atoms with E-state index in [1.54, 1.807) is 40.1 Å². The molecule has 1 fully saturated rings. The number of hydrogen-bond donors (Lipinski definition) is 0. The number of rotatable bonds is 6. The number of aromatic nitrogens is 4. The Kier molecular flexibility index (Phi) is 6.33. The van der Waals surface area contributed by atoms with E-state index in [1.807, 2.05) is 0 Å². The van der Waals surface area contributed by atoms with Gasteiger partial charge in [0.05, 0.1) is 18.5 Å². The van der Waals surface area contributed by atoms with Gasteiger partial charge in [0.2, 0.25) is 0 Å². The minimum atomic E-state index is -3.41. The first-order valence-electron chi connectivity index (χ1n) is 9.54. The van der Waals surface area contributed by atoms with Crippen LogP contribution in [0.4, 0.5) is 0 Å². The van der Waals surface area contributed by atoms with Gasteiger partial charge in [-0.15, -0.1) is 0 Å². The highest BCUT2D eigenvalue weighted by atomic mass is 32.2. The molecule has 0 bridgehead atoms. The molecule has 29 heavy (non-hydrogen) atoms. The minimum absolute atomic E-state index is 0.0855. The van der Waals surface area contributed by atoms with E-state index >= 15 is 0 Å². The van der Waals surface area contributed by atoms with Crippen molar-refractivity contribution in [1.29, 1.82) is 0 Å². The molecule has 1 aliphatic rings. The molecule has 158 valence electrons. The summed E-state index contributed by atoms with van der Waals surface area (Å²) in [6.07, 6.45) is 2.93. The average Bonchev–Trinajstić information content (AvgIpc) is 2.66. The highest BCUT2D eigenvalue weighted by Gasteiger charge is 2.23. The molecule has 0 aliphatic carbocycles. The smallest absolute Gasteiger partial charge is 0.320 e. The first-order valence-corrected chi connectivity index (χ1v) is 11.3. The lowest BCUT2D eigenvalue weighted by atomic mass is 10.2. The van der Waals surface area contributed by atoms with Gasteiger partial charge in [-0.3, -0.25) is 4.79 Å². The van der Waals surface area contributed by atoms with E-state index < -0.39 is 15.1 Å². The van der Waals surface area contributed by atoms with E-state index in [-0.39, 0.29) is 35.1 Å². The summed E-state index contributed by atoms with van der Waals surface area (Å²) in [7, 11) is -1.76. The molecule has 1 aliphatic heterocycles. The Morgan fingerprint density at radius 2 is 1.93 bits per heavy atom. The summed E-state index contributed by atoms with van der Waals surface area (Å²) in [4.78, 5) is 25.0. The lowest BCUT2D eigenvalue weighted by Gasteiger charge is -2.22. The van der Waals surface area contributed by atoms with Crippen molar-refractivity contribution in [2.24, 2.45) is 7.05 Å². The molecule has 2 aromatic heterocycles. The highest BCUT2D eigenvalue weighted by Crippen LogP contribution is 2.21. The fourth-order valence-electron chi connectivity index (χ4n) is 2.93. The Morgan fingerprint density at radius 1 is 1.24 bits per heavy atom. The monoisotopic (exact) mass is 422 g/mol. The number of ether oxygens (including phenoxy) is 2. The summed E-state index contributed by atoms with van der Waals surface area (Å²) < 4.78 is 37.5. The predicted octanol–water partition coefficient (Wildman–Crippen LogP) is 1.43. The summed E-state index contributed by atoms with van der Waals surface area (Å²) in [5.41, 5.74) is 1.00. The van der Waals surface area contributed by atoms with Crippen LogP contribution < -0.4 is 10.3 Å². The number of hydrogen-bond acceptors (Lipinski definition) is 8. The van der Waals surface area contributed by atoms with Crippen molar-refractivity contribution in [3.05, 3.63) is 34.0 Å². The maximum absolute atomic E-state index is 12.4. The van der Waals surface area contributed by atoms with Gasteiger partial charge >= 0.3 is 6.01 Å². The number of sulfone groups is 1. The third-order valence-corrected chi connectivity index (χ3v) is 6.87. The molecule has 10 heteroatoms. The first-order chi connectivity index (χ1) is 13.7. The summed E-state index contributed by atoms with van der Waals surface area (Å²) in [5, 5.41) is -0.553. The maximum Gasteiger partial charge on any atom is 0.320 e. The van der Waals surface area contributed by atoms with E-state index in [4.69, 9.17) is 9.47 Å². The van der Waals surface area contributed by atoms with Crippen LogP contribution in [0, 0.1) is 6.92 Å². The second-order valence-corrected chi connectivity index (χ2v) is 10.0. The third kappa shape index (κ3) is 5.18. The van der Waals surface area contributed by atoms with E-state index in [1.165, 1.54) is 4.57 Å². The molecule has 0 radical (unpaired) electrons. The van der Waals surface area contributed by atoms with Gasteiger partial charge in [-0.25, -0.2) is 13.4 Å². The topological polar surface area (TPSA) is 113 Å². The van der Waals surface area contributed by atoms with Crippen LogP contribution in [-0.4, -0.2) is 52.5 Å². The van der Waals surface area contributed by atoms with Gasteiger partial charge in [0, 0.05) is 37.2 Å². The van der Waals surface area contributed by atoms with Crippen molar-refractivity contribution in [3.8, 4) is 17.4 Å². The van der Waals surface area contributed by atoms with E-state index in [9.17, 15) is 13.2 Å². The molecule has 0 N–H and O–H groups in total. The van der Waals surface area contributed by atoms with Crippen LogP contribution in [0.3, 0.4) is 0 Å². The van der Waals surface area contributed by atoms with E-state index in [0.29, 0.717) is 37.2 Å². The molecule has 1 saturated heterocycles. The largest absolute Gasteiger partial charge is 0.460 e. The van der Waals surface area contributed by atoms with E-state index in [0.717, 1.165) is 0 Å². The summed E-state index contributed by atoms with van der Waals surface area (Å²) in [6.45, 7) is 6.13. The molecule has 0 spiro atoms. The lowest BCUT2D eigenvalue weighted by Crippen LogP contribution is -2.27. The van der Waals surface area contributed by atoms with Crippen molar-refractivity contribution >= 4 is 9.84 Å². The Morgan fingerprint density at radius 3 is 2.55 bits per heavy atom. The highest BCUT2D eigenvalue weighted by molar-refractivity contribution is 7.91.